The molecule has 188 valence electrons. The summed E-state index contributed by atoms with van der Waals surface area (Å²) < 4.78 is 41.0. The van der Waals surface area contributed by atoms with Crippen LogP contribution >= 0.6 is 0 Å². The SMILES string of the molecule is N#Cc1ccc(N2CC3(CCN(C(=O)c4ccccc4)CC3)CC2C(=O)NC2CC2)cc1C(F)(F)F. The molecule has 1 atom stereocenters. The van der Waals surface area contributed by atoms with E-state index in [9.17, 15) is 28.0 Å². The van der Waals surface area contributed by atoms with Crippen LogP contribution in [-0.4, -0.2) is 48.4 Å². The lowest BCUT2D eigenvalue weighted by Gasteiger charge is -2.39. The van der Waals surface area contributed by atoms with Gasteiger partial charge in [0.2, 0.25) is 5.91 Å². The smallest absolute Gasteiger partial charge is 0.359 e. The third-order valence-corrected chi connectivity index (χ3v) is 7.63. The monoisotopic (exact) mass is 496 g/mol. The predicted molar refractivity (Wildman–Crippen MR) is 127 cm³/mol. The zero-order chi connectivity index (χ0) is 25.5. The molecule has 3 aliphatic rings. The largest absolute Gasteiger partial charge is 0.417 e. The van der Waals surface area contributed by atoms with Gasteiger partial charge in [0.05, 0.1) is 17.2 Å². The normalized spacial score (nSPS) is 21.3. The lowest BCUT2D eigenvalue weighted by molar-refractivity contribution is -0.137. The molecule has 2 aromatic rings. The van der Waals surface area contributed by atoms with E-state index in [1.54, 1.807) is 23.1 Å². The van der Waals surface area contributed by atoms with Crippen molar-refractivity contribution in [2.24, 2.45) is 5.41 Å². The number of nitrogens with zero attached hydrogens (tertiary/aromatic N) is 3. The first kappa shape index (κ1) is 24.2. The van der Waals surface area contributed by atoms with E-state index in [1.165, 1.54) is 12.1 Å². The summed E-state index contributed by atoms with van der Waals surface area (Å²) in [4.78, 5) is 29.7. The van der Waals surface area contributed by atoms with Crippen LogP contribution in [0.1, 0.15) is 53.6 Å². The van der Waals surface area contributed by atoms with Crippen molar-refractivity contribution in [3.8, 4) is 6.07 Å². The van der Waals surface area contributed by atoms with E-state index >= 15 is 0 Å². The molecule has 6 nitrogen and oxygen atoms in total. The molecule has 9 heteroatoms. The number of carbonyl (C=O) groups is 2. The average molecular weight is 497 g/mol. The van der Waals surface area contributed by atoms with Crippen molar-refractivity contribution in [3.63, 3.8) is 0 Å². The van der Waals surface area contributed by atoms with Crippen LogP contribution in [0.3, 0.4) is 0 Å². The highest BCUT2D eigenvalue weighted by Crippen LogP contribution is 2.46. The fourth-order valence-corrected chi connectivity index (χ4v) is 5.44. The van der Waals surface area contributed by atoms with Gasteiger partial charge < -0.3 is 15.1 Å². The van der Waals surface area contributed by atoms with E-state index < -0.39 is 23.3 Å². The molecule has 0 aromatic heterocycles. The number of likely N-dealkylation sites (tertiary alicyclic amines) is 1. The molecule has 2 aromatic carbocycles. The summed E-state index contributed by atoms with van der Waals surface area (Å²) in [6.07, 6.45) is -1.01. The number of hydrogen-bond acceptors (Lipinski definition) is 4. The molecule has 1 spiro atoms. The Hall–Kier alpha value is -3.54. The average Bonchev–Trinajstić information content (AvgIpc) is 3.62. The minimum absolute atomic E-state index is 0.0368. The highest BCUT2D eigenvalue weighted by Gasteiger charge is 2.49. The Kier molecular flexibility index (Phi) is 6.15. The maximum absolute atomic E-state index is 13.7. The summed E-state index contributed by atoms with van der Waals surface area (Å²) in [5.41, 5.74) is -0.803. The van der Waals surface area contributed by atoms with Gasteiger partial charge in [0.15, 0.2) is 0 Å². The van der Waals surface area contributed by atoms with Gasteiger partial charge in [0, 0.05) is 36.9 Å². The van der Waals surface area contributed by atoms with Crippen LogP contribution in [-0.2, 0) is 11.0 Å². The van der Waals surface area contributed by atoms with Crippen LogP contribution in [0.5, 0.6) is 0 Å². The molecule has 3 fully saturated rings. The molecule has 0 radical (unpaired) electrons. The number of halogens is 3. The molecule has 2 heterocycles. The molecule has 1 aliphatic carbocycles. The van der Waals surface area contributed by atoms with E-state index in [1.807, 2.05) is 23.1 Å². The van der Waals surface area contributed by atoms with E-state index in [4.69, 9.17) is 0 Å². The van der Waals surface area contributed by atoms with Crippen molar-refractivity contribution in [3.05, 3.63) is 65.2 Å². The van der Waals surface area contributed by atoms with Crippen LogP contribution in [0.4, 0.5) is 18.9 Å². The molecule has 2 amide bonds. The molecule has 2 aliphatic heterocycles. The maximum Gasteiger partial charge on any atom is 0.417 e. The highest BCUT2D eigenvalue weighted by atomic mass is 19.4. The quantitative estimate of drug-likeness (QED) is 0.683. The lowest BCUT2D eigenvalue weighted by Crippen LogP contribution is -2.44. The van der Waals surface area contributed by atoms with Crippen LogP contribution in [0.25, 0.3) is 0 Å². The standard InChI is InChI=1S/C27H27F3N4O2/c28-27(29,30)22-14-21(9-6-19(22)16-31)34-17-26(15-23(34)24(35)32-20-7-8-20)10-12-33(13-11-26)25(36)18-4-2-1-3-5-18/h1-6,9,14,20,23H,7-8,10-13,15,17H2,(H,32,35). The van der Waals surface area contributed by atoms with Crippen LogP contribution < -0.4 is 10.2 Å². The number of nitrogens with one attached hydrogen (secondary N) is 1. The van der Waals surface area contributed by atoms with Gasteiger partial charge in [-0.1, -0.05) is 18.2 Å². The van der Waals surface area contributed by atoms with Crippen molar-refractivity contribution < 1.29 is 22.8 Å². The molecule has 36 heavy (non-hydrogen) atoms. The Morgan fingerprint density at radius 2 is 1.75 bits per heavy atom. The van der Waals surface area contributed by atoms with Gasteiger partial charge in [-0.15, -0.1) is 0 Å². The lowest BCUT2D eigenvalue weighted by atomic mass is 9.76. The molecule has 0 bridgehead atoms. The van der Waals surface area contributed by atoms with Gasteiger partial charge >= 0.3 is 6.18 Å². The highest BCUT2D eigenvalue weighted by molar-refractivity contribution is 5.94. The molecule has 1 saturated carbocycles. The van der Waals surface area contributed by atoms with Crippen LogP contribution in [0, 0.1) is 16.7 Å². The van der Waals surface area contributed by atoms with Gasteiger partial charge in [0.1, 0.15) is 6.04 Å². The van der Waals surface area contributed by atoms with Crippen molar-refractivity contribution >= 4 is 17.5 Å². The number of rotatable bonds is 4. The number of carbonyl (C=O) groups excluding carboxylic acids is 2. The first-order valence-electron chi connectivity index (χ1n) is 12.2. The number of alkyl halides is 3. The first-order valence-corrected chi connectivity index (χ1v) is 12.2. The number of benzene rings is 2. The summed E-state index contributed by atoms with van der Waals surface area (Å²) in [6, 6.07) is 13.9. The van der Waals surface area contributed by atoms with Gasteiger partial charge in [-0.3, -0.25) is 9.59 Å². The Balaban J connectivity index is 1.39. The second-order valence-electron chi connectivity index (χ2n) is 10.1. The third kappa shape index (κ3) is 4.77. The minimum Gasteiger partial charge on any atom is -0.359 e. The number of amides is 2. The van der Waals surface area contributed by atoms with Gasteiger partial charge in [-0.05, 0) is 67.9 Å². The molecule has 1 N–H and O–H groups in total. The Morgan fingerprint density at radius 1 is 1.06 bits per heavy atom. The number of nitriles is 1. The van der Waals surface area contributed by atoms with Crippen LogP contribution in [0.15, 0.2) is 48.5 Å². The van der Waals surface area contributed by atoms with Crippen molar-refractivity contribution in [2.75, 3.05) is 24.5 Å². The Morgan fingerprint density at radius 3 is 2.36 bits per heavy atom. The van der Waals surface area contributed by atoms with Crippen molar-refractivity contribution in [2.45, 2.75) is 50.4 Å². The van der Waals surface area contributed by atoms with E-state index in [-0.39, 0.29) is 29.0 Å². The van der Waals surface area contributed by atoms with Crippen molar-refractivity contribution in [1.82, 2.24) is 10.2 Å². The van der Waals surface area contributed by atoms with Gasteiger partial charge in [-0.2, -0.15) is 18.4 Å². The minimum atomic E-state index is -4.67. The summed E-state index contributed by atoms with van der Waals surface area (Å²) >= 11 is 0. The molecule has 5 rings (SSSR count). The fourth-order valence-electron chi connectivity index (χ4n) is 5.44. The van der Waals surface area contributed by atoms with E-state index in [0.29, 0.717) is 44.5 Å². The van der Waals surface area contributed by atoms with Gasteiger partial charge in [-0.25, -0.2) is 0 Å². The Labute approximate surface area is 207 Å². The van der Waals surface area contributed by atoms with Gasteiger partial charge in [0.25, 0.3) is 5.91 Å². The summed E-state index contributed by atoms with van der Waals surface area (Å²) in [5.74, 6) is -0.208. The Bertz CT molecular complexity index is 1200. The molecular formula is C27H27F3N4O2. The number of anilines is 1. The predicted octanol–water partition coefficient (Wildman–Crippen LogP) is 4.36. The summed E-state index contributed by atoms with van der Waals surface area (Å²) in [7, 11) is 0. The third-order valence-electron chi connectivity index (χ3n) is 7.63. The van der Waals surface area contributed by atoms with Crippen molar-refractivity contribution in [1.29, 1.82) is 5.26 Å². The second kappa shape index (κ2) is 9.16. The molecular weight excluding hydrogens is 469 g/mol. The molecule has 2 saturated heterocycles. The molecule has 1 unspecified atom stereocenters. The topological polar surface area (TPSA) is 76.4 Å². The zero-order valence-corrected chi connectivity index (χ0v) is 19.7. The maximum atomic E-state index is 13.7. The summed E-state index contributed by atoms with van der Waals surface area (Å²) in [6.45, 7) is 1.48. The second-order valence-corrected chi connectivity index (χ2v) is 10.1. The fraction of sp³-hybridized carbons (Fsp3) is 0.444. The van der Waals surface area contributed by atoms with Crippen LogP contribution in [0.2, 0.25) is 0 Å². The first-order chi connectivity index (χ1) is 17.2. The van der Waals surface area contributed by atoms with E-state index in [0.717, 1.165) is 18.9 Å². The number of piperidine rings is 1. The van der Waals surface area contributed by atoms with E-state index in [2.05, 4.69) is 5.32 Å². The summed E-state index contributed by atoms with van der Waals surface area (Å²) in [5, 5.41) is 12.2. The number of hydrogen-bond donors (Lipinski definition) is 1. The zero-order valence-electron chi connectivity index (χ0n) is 19.7.